The molecule has 0 aliphatic carbocycles. The van der Waals surface area contributed by atoms with Crippen molar-refractivity contribution in [2.24, 2.45) is 0 Å². The van der Waals surface area contributed by atoms with E-state index in [2.05, 4.69) is 47.4 Å². The number of fused-ring (bicyclic) bond motifs is 1. The number of carbonyl (C=O) groups is 1. The molecule has 1 atom stereocenters. The lowest BCUT2D eigenvalue weighted by Crippen LogP contribution is -2.49. The Labute approximate surface area is 191 Å². The molecule has 1 aliphatic heterocycles. The molecule has 1 aliphatic rings. The van der Waals surface area contributed by atoms with Gasteiger partial charge in [-0.2, -0.15) is 0 Å². The molecule has 0 saturated carbocycles. The van der Waals surface area contributed by atoms with Crippen molar-refractivity contribution in [1.29, 1.82) is 0 Å². The fourth-order valence-electron chi connectivity index (χ4n) is 4.39. The first kappa shape index (κ1) is 20.3. The number of amides is 1. The van der Waals surface area contributed by atoms with Crippen LogP contribution in [0, 0.1) is 0 Å². The van der Waals surface area contributed by atoms with E-state index in [1.54, 1.807) is 11.3 Å². The summed E-state index contributed by atoms with van der Waals surface area (Å²) in [7, 11) is 0. The second-order valence-corrected chi connectivity index (χ2v) is 9.19. The monoisotopic (exact) mass is 446 g/mol. The van der Waals surface area contributed by atoms with Crippen molar-refractivity contribution in [3.63, 3.8) is 0 Å². The Morgan fingerprint density at radius 2 is 1.45 bits per heavy atom. The summed E-state index contributed by atoms with van der Waals surface area (Å²) in [5, 5.41) is 3.80. The molecule has 5 heteroatoms. The van der Waals surface area contributed by atoms with Gasteiger partial charge in [0.05, 0.1) is 11.6 Å². The van der Waals surface area contributed by atoms with Crippen LogP contribution in [0.1, 0.15) is 27.5 Å². The van der Waals surface area contributed by atoms with Gasteiger partial charge in [0.1, 0.15) is 0 Å². The normalized spacial score (nSPS) is 15.8. The first-order valence-electron chi connectivity index (χ1n) is 10.5. The van der Waals surface area contributed by atoms with Crippen LogP contribution in [0.5, 0.6) is 0 Å². The van der Waals surface area contributed by atoms with E-state index in [0.29, 0.717) is 0 Å². The zero-order chi connectivity index (χ0) is 21.2. The standard InChI is InChI=1S/C26H23ClN2OS/c27-21-12-10-20(11-13-21)25(19-6-2-1-3-7-19)28-14-16-29(17-15-28)26(30)23-18-31-24-9-5-4-8-22(23)24/h1-13,18,25H,14-17H2/t25-/m0/s1. The first-order valence-corrected chi connectivity index (χ1v) is 11.8. The topological polar surface area (TPSA) is 23.6 Å². The highest BCUT2D eigenvalue weighted by molar-refractivity contribution is 7.17. The molecule has 1 fully saturated rings. The zero-order valence-corrected chi connectivity index (χ0v) is 18.6. The minimum Gasteiger partial charge on any atom is -0.336 e. The number of rotatable bonds is 4. The van der Waals surface area contributed by atoms with Gasteiger partial charge in [-0.15, -0.1) is 11.3 Å². The zero-order valence-electron chi connectivity index (χ0n) is 17.1. The maximum atomic E-state index is 13.2. The van der Waals surface area contributed by atoms with Gasteiger partial charge in [-0.05, 0) is 29.3 Å². The number of nitrogens with zero attached hydrogens (tertiary/aromatic N) is 2. The second kappa shape index (κ2) is 8.83. The molecule has 3 nitrogen and oxygen atoms in total. The minimum atomic E-state index is 0.139. The van der Waals surface area contributed by atoms with Crippen LogP contribution >= 0.6 is 22.9 Å². The average Bonchev–Trinajstić information content (AvgIpc) is 3.25. The van der Waals surface area contributed by atoms with Crippen molar-refractivity contribution in [3.05, 3.63) is 106 Å². The molecule has 1 saturated heterocycles. The Hall–Kier alpha value is -2.66. The number of hydrogen-bond donors (Lipinski definition) is 0. The van der Waals surface area contributed by atoms with E-state index in [9.17, 15) is 4.79 Å². The molecule has 0 unspecified atom stereocenters. The summed E-state index contributed by atoms with van der Waals surface area (Å²) < 4.78 is 1.16. The van der Waals surface area contributed by atoms with E-state index >= 15 is 0 Å². The quantitative estimate of drug-likeness (QED) is 0.378. The first-order chi connectivity index (χ1) is 15.2. The predicted molar refractivity (Wildman–Crippen MR) is 129 cm³/mol. The van der Waals surface area contributed by atoms with E-state index in [4.69, 9.17) is 11.6 Å². The van der Waals surface area contributed by atoms with E-state index in [-0.39, 0.29) is 11.9 Å². The van der Waals surface area contributed by atoms with Crippen LogP contribution < -0.4 is 0 Å². The minimum absolute atomic E-state index is 0.139. The predicted octanol–water partition coefficient (Wildman–Crippen LogP) is 6.10. The van der Waals surface area contributed by atoms with Crippen LogP contribution in [0.3, 0.4) is 0 Å². The molecule has 5 rings (SSSR count). The molecule has 0 spiro atoms. The molecule has 31 heavy (non-hydrogen) atoms. The molecule has 1 amide bonds. The third-order valence-electron chi connectivity index (χ3n) is 5.98. The Morgan fingerprint density at radius 3 is 2.19 bits per heavy atom. The largest absolute Gasteiger partial charge is 0.336 e. The lowest BCUT2D eigenvalue weighted by Gasteiger charge is -2.39. The van der Waals surface area contributed by atoms with Gasteiger partial charge in [-0.1, -0.05) is 72.3 Å². The smallest absolute Gasteiger partial charge is 0.255 e. The molecule has 0 bridgehead atoms. The van der Waals surface area contributed by atoms with E-state index in [1.807, 2.05) is 46.7 Å². The van der Waals surface area contributed by atoms with Crippen molar-refractivity contribution in [2.45, 2.75) is 6.04 Å². The second-order valence-electron chi connectivity index (χ2n) is 7.84. The molecular formula is C26H23ClN2OS. The van der Waals surface area contributed by atoms with Gasteiger partial charge in [-0.3, -0.25) is 9.69 Å². The van der Waals surface area contributed by atoms with Crippen LogP contribution in [-0.4, -0.2) is 41.9 Å². The molecule has 0 N–H and O–H groups in total. The lowest BCUT2D eigenvalue weighted by atomic mass is 9.96. The third kappa shape index (κ3) is 4.11. The van der Waals surface area contributed by atoms with Crippen LogP contribution in [0.15, 0.2) is 84.2 Å². The van der Waals surface area contributed by atoms with Crippen LogP contribution in [0.25, 0.3) is 10.1 Å². The lowest BCUT2D eigenvalue weighted by molar-refractivity contribution is 0.0599. The maximum Gasteiger partial charge on any atom is 0.255 e. The Morgan fingerprint density at radius 1 is 0.806 bits per heavy atom. The van der Waals surface area contributed by atoms with Crippen LogP contribution in [-0.2, 0) is 0 Å². The summed E-state index contributed by atoms with van der Waals surface area (Å²) >= 11 is 7.77. The fraction of sp³-hybridized carbons (Fsp3) is 0.192. The number of thiophene rings is 1. The van der Waals surface area contributed by atoms with Gasteiger partial charge in [-0.25, -0.2) is 0 Å². The van der Waals surface area contributed by atoms with Crippen molar-refractivity contribution < 1.29 is 4.79 Å². The summed E-state index contributed by atoms with van der Waals surface area (Å²) in [5.74, 6) is 0.139. The highest BCUT2D eigenvalue weighted by Crippen LogP contribution is 2.31. The number of benzene rings is 3. The summed E-state index contributed by atoms with van der Waals surface area (Å²) in [5.41, 5.74) is 3.30. The molecule has 4 aromatic rings. The van der Waals surface area contributed by atoms with Crippen LogP contribution in [0.2, 0.25) is 5.02 Å². The number of halogens is 1. The van der Waals surface area contributed by atoms with E-state index in [0.717, 1.165) is 46.9 Å². The Balaban J connectivity index is 1.36. The average molecular weight is 447 g/mol. The number of hydrogen-bond acceptors (Lipinski definition) is 3. The SMILES string of the molecule is O=C(c1csc2ccccc12)N1CCN([C@@H](c2ccccc2)c2ccc(Cl)cc2)CC1. The van der Waals surface area contributed by atoms with Gasteiger partial charge < -0.3 is 4.90 Å². The van der Waals surface area contributed by atoms with E-state index in [1.165, 1.54) is 11.1 Å². The maximum absolute atomic E-state index is 13.2. The Bertz CT molecular complexity index is 1180. The van der Waals surface area contributed by atoms with E-state index < -0.39 is 0 Å². The van der Waals surface area contributed by atoms with Crippen molar-refractivity contribution in [3.8, 4) is 0 Å². The van der Waals surface area contributed by atoms with Crippen molar-refractivity contribution in [2.75, 3.05) is 26.2 Å². The highest BCUT2D eigenvalue weighted by Gasteiger charge is 2.29. The molecular weight excluding hydrogens is 424 g/mol. The summed E-state index contributed by atoms with van der Waals surface area (Å²) in [4.78, 5) is 17.7. The molecule has 2 heterocycles. The number of piperazine rings is 1. The van der Waals surface area contributed by atoms with Crippen LogP contribution in [0.4, 0.5) is 0 Å². The summed E-state index contributed by atoms with van der Waals surface area (Å²) in [6, 6.07) is 27.0. The van der Waals surface area contributed by atoms with Gasteiger partial charge in [0.25, 0.3) is 5.91 Å². The molecule has 0 radical (unpaired) electrons. The van der Waals surface area contributed by atoms with Gasteiger partial charge in [0.15, 0.2) is 0 Å². The van der Waals surface area contributed by atoms with Gasteiger partial charge >= 0.3 is 0 Å². The van der Waals surface area contributed by atoms with Gasteiger partial charge in [0, 0.05) is 46.7 Å². The molecule has 156 valence electrons. The third-order valence-corrected chi connectivity index (χ3v) is 7.19. The fourth-order valence-corrected chi connectivity index (χ4v) is 5.45. The van der Waals surface area contributed by atoms with Gasteiger partial charge in [0.2, 0.25) is 0 Å². The van der Waals surface area contributed by atoms with Crippen molar-refractivity contribution >= 4 is 38.9 Å². The van der Waals surface area contributed by atoms with Crippen molar-refractivity contribution in [1.82, 2.24) is 9.80 Å². The highest BCUT2D eigenvalue weighted by atomic mass is 35.5. The Kier molecular flexibility index (Phi) is 5.77. The summed E-state index contributed by atoms with van der Waals surface area (Å²) in [6.07, 6.45) is 0. The summed E-state index contributed by atoms with van der Waals surface area (Å²) in [6.45, 7) is 3.10. The molecule has 3 aromatic carbocycles. The molecule has 1 aromatic heterocycles. The number of carbonyl (C=O) groups excluding carboxylic acids is 1.